The zero-order valence-corrected chi connectivity index (χ0v) is 11.7. The molecule has 3 heteroatoms. The molecule has 0 heterocycles. The van der Waals surface area contributed by atoms with Crippen LogP contribution in [0.25, 0.3) is 6.08 Å². The van der Waals surface area contributed by atoms with Gasteiger partial charge in [0.2, 0.25) is 5.91 Å². The Morgan fingerprint density at radius 2 is 1.90 bits per heavy atom. The minimum atomic E-state index is -0.112. The number of anilines is 1. The first-order valence-corrected chi connectivity index (χ1v) is 6.84. The highest BCUT2D eigenvalue weighted by molar-refractivity contribution is 6.15. The van der Waals surface area contributed by atoms with Gasteiger partial charge in [-0.1, -0.05) is 30.3 Å². The molecular formula is C18H15NO2. The molecule has 0 unspecified atom stereocenters. The highest BCUT2D eigenvalue weighted by Gasteiger charge is 2.24. The summed E-state index contributed by atoms with van der Waals surface area (Å²) in [6.45, 7) is 1.47. The van der Waals surface area contributed by atoms with E-state index in [1.54, 1.807) is 12.1 Å². The predicted octanol–water partition coefficient (Wildman–Crippen LogP) is 3.47. The third-order valence-corrected chi connectivity index (χ3v) is 3.48. The summed E-state index contributed by atoms with van der Waals surface area (Å²) >= 11 is 0. The maximum Gasteiger partial charge on any atom is 0.221 e. The number of fused-ring (bicyclic) bond motifs is 1. The fourth-order valence-corrected chi connectivity index (χ4v) is 2.57. The molecule has 21 heavy (non-hydrogen) atoms. The summed E-state index contributed by atoms with van der Waals surface area (Å²) in [5.74, 6) is -0.0393. The van der Waals surface area contributed by atoms with Gasteiger partial charge in [0.05, 0.1) is 0 Å². The molecule has 2 aromatic carbocycles. The molecule has 3 nitrogen and oxygen atoms in total. The van der Waals surface area contributed by atoms with E-state index in [9.17, 15) is 9.59 Å². The van der Waals surface area contributed by atoms with Crippen LogP contribution in [0.15, 0.2) is 54.1 Å². The van der Waals surface area contributed by atoms with Crippen molar-refractivity contribution in [2.45, 2.75) is 13.3 Å². The van der Waals surface area contributed by atoms with E-state index < -0.39 is 0 Å². The fourth-order valence-electron chi connectivity index (χ4n) is 2.57. The zero-order chi connectivity index (χ0) is 14.8. The largest absolute Gasteiger partial charge is 0.326 e. The number of Topliss-reactive ketones (excluding diaryl/α,β-unsaturated/α-hetero) is 1. The van der Waals surface area contributed by atoms with Crippen LogP contribution in [-0.4, -0.2) is 11.7 Å². The van der Waals surface area contributed by atoms with Gasteiger partial charge in [-0.3, -0.25) is 9.59 Å². The van der Waals surface area contributed by atoms with Crippen LogP contribution >= 0.6 is 0 Å². The van der Waals surface area contributed by atoms with E-state index in [1.165, 1.54) is 6.92 Å². The molecule has 0 radical (unpaired) electrons. The molecule has 1 amide bonds. The van der Waals surface area contributed by atoms with Crippen molar-refractivity contribution in [3.63, 3.8) is 0 Å². The van der Waals surface area contributed by atoms with Gasteiger partial charge in [-0.15, -0.1) is 0 Å². The minimum absolute atomic E-state index is 0.0724. The fraction of sp³-hybridized carbons (Fsp3) is 0.111. The first-order chi connectivity index (χ1) is 10.1. The second-order valence-corrected chi connectivity index (χ2v) is 5.14. The lowest BCUT2D eigenvalue weighted by Gasteiger charge is -2.03. The van der Waals surface area contributed by atoms with E-state index in [-0.39, 0.29) is 11.7 Å². The Morgan fingerprint density at radius 1 is 1.14 bits per heavy atom. The van der Waals surface area contributed by atoms with Crippen LogP contribution in [-0.2, 0) is 11.2 Å². The summed E-state index contributed by atoms with van der Waals surface area (Å²) in [5, 5.41) is 2.74. The average molecular weight is 277 g/mol. The van der Waals surface area contributed by atoms with Crippen LogP contribution in [0.5, 0.6) is 0 Å². The van der Waals surface area contributed by atoms with Crippen LogP contribution < -0.4 is 5.32 Å². The van der Waals surface area contributed by atoms with Gasteiger partial charge in [0.25, 0.3) is 0 Å². The molecule has 0 fully saturated rings. The molecule has 0 aliphatic heterocycles. The van der Waals surface area contributed by atoms with E-state index in [0.717, 1.165) is 28.0 Å². The second-order valence-electron chi connectivity index (χ2n) is 5.14. The van der Waals surface area contributed by atoms with Gasteiger partial charge in [-0.25, -0.2) is 0 Å². The van der Waals surface area contributed by atoms with Crippen molar-refractivity contribution in [2.24, 2.45) is 0 Å². The normalized spacial score (nSPS) is 15.1. The second kappa shape index (κ2) is 5.37. The minimum Gasteiger partial charge on any atom is -0.326 e. The van der Waals surface area contributed by atoms with Crippen molar-refractivity contribution >= 4 is 23.5 Å². The Kier molecular flexibility index (Phi) is 3.40. The Morgan fingerprint density at radius 3 is 2.62 bits per heavy atom. The van der Waals surface area contributed by atoms with Gasteiger partial charge in [0.15, 0.2) is 5.78 Å². The third-order valence-electron chi connectivity index (χ3n) is 3.48. The molecular weight excluding hydrogens is 262 g/mol. The highest BCUT2D eigenvalue weighted by Crippen LogP contribution is 2.30. The quantitative estimate of drug-likeness (QED) is 0.854. The zero-order valence-electron chi connectivity index (χ0n) is 11.7. The Labute approximate surface area is 123 Å². The number of ketones is 1. The number of carbonyl (C=O) groups is 2. The van der Waals surface area contributed by atoms with Gasteiger partial charge in [0.1, 0.15) is 0 Å². The van der Waals surface area contributed by atoms with E-state index in [2.05, 4.69) is 5.32 Å². The summed E-state index contributed by atoms with van der Waals surface area (Å²) < 4.78 is 0. The van der Waals surface area contributed by atoms with Crippen LogP contribution in [0.4, 0.5) is 5.69 Å². The molecule has 104 valence electrons. The maximum atomic E-state index is 12.4. The summed E-state index contributed by atoms with van der Waals surface area (Å²) in [4.78, 5) is 23.5. The third kappa shape index (κ3) is 2.77. The molecule has 1 aliphatic carbocycles. The standard InChI is InChI=1S/C18H15NO2/c1-12(20)19-16-7-8-17-14(11-16)10-15(18(17)21)9-13-5-3-2-4-6-13/h2-9,11H,10H2,1H3,(H,19,20). The van der Waals surface area contributed by atoms with E-state index in [1.807, 2.05) is 42.5 Å². The molecule has 0 saturated carbocycles. The molecule has 3 rings (SSSR count). The Bertz CT molecular complexity index is 745. The number of carbonyl (C=O) groups excluding carboxylic acids is 2. The molecule has 0 atom stereocenters. The highest BCUT2D eigenvalue weighted by atomic mass is 16.1. The molecule has 1 aliphatic rings. The predicted molar refractivity (Wildman–Crippen MR) is 83.2 cm³/mol. The van der Waals surface area contributed by atoms with Gasteiger partial charge >= 0.3 is 0 Å². The molecule has 0 saturated heterocycles. The number of nitrogens with one attached hydrogen (secondary N) is 1. The number of hydrogen-bond acceptors (Lipinski definition) is 2. The van der Waals surface area contributed by atoms with E-state index in [4.69, 9.17) is 0 Å². The number of hydrogen-bond donors (Lipinski definition) is 1. The van der Waals surface area contributed by atoms with Crippen molar-refractivity contribution in [1.29, 1.82) is 0 Å². The van der Waals surface area contributed by atoms with Crippen molar-refractivity contribution in [1.82, 2.24) is 0 Å². The van der Waals surface area contributed by atoms with Crippen LogP contribution in [0, 0.1) is 0 Å². The van der Waals surface area contributed by atoms with Gasteiger partial charge in [0, 0.05) is 30.2 Å². The Hall–Kier alpha value is -2.68. The molecule has 2 aromatic rings. The van der Waals surface area contributed by atoms with E-state index >= 15 is 0 Å². The molecule has 0 spiro atoms. The topological polar surface area (TPSA) is 46.2 Å². The van der Waals surface area contributed by atoms with E-state index in [0.29, 0.717) is 6.42 Å². The first-order valence-electron chi connectivity index (χ1n) is 6.84. The number of allylic oxidation sites excluding steroid dienone is 1. The maximum absolute atomic E-state index is 12.4. The summed E-state index contributed by atoms with van der Waals surface area (Å²) in [5.41, 5.74) is 4.24. The number of rotatable bonds is 2. The Balaban J connectivity index is 1.91. The summed E-state index contributed by atoms with van der Waals surface area (Å²) in [6, 6.07) is 15.2. The monoisotopic (exact) mass is 277 g/mol. The smallest absolute Gasteiger partial charge is 0.221 e. The van der Waals surface area contributed by atoms with Crippen LogP contribution in [0.2, 0.25) is 0 Å². The average Bonchev–Trinajstić information content (AvgIpc) is 2.75. The first kappa shape index (κ1) is 13.3. The van der Waals surface area contributed by atoms with Crippen molar-refractivity contribution in [3.8, 4) is 0 Å². The number of benzene rings is 2. The van der Waals surface area contributed by atoms with Crippen molar-refractivity contribution in [3.05, 3.63) is 70.8 Å². The SMILES string of the molecule is CC(=O)Nc1ccc2c(c1)CC(=Cc1ccccc1)C2=O. The van der Waals surface area contributed by atoms with Crippen molar-refractivity contribution in [2.75, 3.05) is 5.32 Å². The van der Waals surface area contributed by atoms with Crippen molar-refractivity contribution < 1.29 is 9.59 Å². The molecule has 1 N–H and O–H groups in total. The lowest BCUT2D eigenvalue weighted by molar-refractivity contribution is -0.114. The number of amides is 1. The summed E-state index contributed by atoms with van der Waals surface area (Å²) in [6.07, 6.45) is 2.54. The lowest BCUT2D eigenvalue weighted by Crippen LogP contribution is -2.06. The van der Waals surface area contributed by atoms with Gasteiger partial charge < -0.3 is 5.32 Å². The molecule has 0 aromatic heterocycles. The lowest BCUT2D eigenvalue weighted by atomic mass is 10.1. The molecule has 0 bridgehead atoms. The van der Waals surface area contributed by atoms with Crippen LogP contribution in [0.1, 0.15) is 28.4 Å². The van der Waals surface area contributed by atoms with Gasteiger partial charge in [-0.2, -0.15) is 0 Å². The summed E-state index contributed by atoms with van der Waals surface area (Å²) in [7, 11) is 0. The van der Waals surface area contributed by atoms with Gasteiger partial charge in [-0.05, 0) is 35.4 Å². The van der Waals surface area contributed by atoms with Crippen LogP contribution in [0.3, 0.4) is 0 Å².